The number of para-hydroxylation sites is 1. The SMILES string of the molecule is CCc1ccccc1NC(=O)Nc1ccc(Oc2cc(-n3cnc(C)c3C)ncn2)cc1. The van der Waals surface area contributed by atoms with Gasteiger partial charge in [0.25, 0.3) is 0 Å². The van der Waals surface area contributed by atoms with Crippen molar-refractivity contribution < 1.29 is 9.53 Å². The van der Waals surface area contributed by atoms with Gasteiger partial charge in [0.2, 0.25) is 5.88 Å². The first-order valence-corrected chi connectivity index (χ1v) is 10.3. The zero-order valence-corrected chi connectivity index (χ0v) is 18.2. The van der Waals surface area contributed by atoms with E-state index < -0.39 is 0 Å². The van der Waals surface area contributed by atoms with Crippen molar-refractivity contribution in [2.45, 2.75) is 27.2 Å². The molecule has 2 heterocycles. The van der Waals surface area contributed by atoms with Crippen molar-refractivity contribution >= 4 is 17.4 Å². The van der Waals surface area contributed by atoms with Gasteiger partial charge < -0.3 is 15.4 Å². The van der Waals surface area contributed by atoms with Crippen molar-refractivity contribution in [3.63, 3.8) is 0 Å². The molecule has 4 aromatic rings. The molecule has 0 bridgehead atoms. The molecule has 2 aromatic carbocycles. The average molecular weight is 428 g/mol. The summed E-state index contributed by atoms with van der Waals surface area (Å²) < 4.78 is 7.74. The number of rotatable bonds is 6. The molecule has 0 aliphatic rings. The molecule has 162 valence electrons. The van der Waals surface area contributed by atoms with Crippen LogP contribution in [-0.2, 0) is 6.42 Å². The Hall–Kier alpha value is -4.20. The number of imidazole rings is 1. The van der Waals surface area contributed by atoms with Crippen LogP contribution in [0.1, 0.15) is 23.9 Å². The van der Waals surface area contributed by atoms with E-state index in [1.165, 1.54) is 6.33 Å². The largest absolute Gasteiger partial charge is 0.439 e. The highest BCUT2D eigenvalue weighted by Crippen LogP contribution is 2.23. The highest BCUT2D eigenvalue weighted by Gasteiger charge is 2.09. The monoisotopic (exact) mass is 428 g/mol. The number of hydrogen-bond donors (Lipinski definition) is 2. The molecule has 2 aromatic heterocycles. The number of anilines is 2. The molecule has 0 fully saturated rings. The standard InChI is InChI=1S/C24H24N6O2/c1-4-18-7-5-6-8-21(18)29-24(31)28-19-9-11-20(12-10-19)32-23-13-22(25-14-26-23)30-15-27-16(2)17(30)3/h5-15H,4H2,1-3H3,(H2,28,29,31). The summed E-state index contributed by atoms with van der Waals surface area (Å²) >= 11 is 0. The molecule has 8 heteroatoms. The van der Waals surface area contributed by atoms with Crippen LogP contribution in [0.15, 0.2) is 67.3 Å². The summed E-state index contributed by atoms with van der Waals surface area (Å²) in [5.41, 5.74) is 4.48. The number of hydrogen-bond acceptors (Lipinski definition) is 5. The van der Waals surface area contributed by atoms with E-state index in [2.05, 4.69) is 32.5 Å². The quantitative estimate of drug-likeness (QED) is 0.436. The Morgan fingerprint density at radius 3 is 2.50 bits per heavy atom. The molecule has 2 N–H and O–H groups in total. The second kappa shape index (κ2) is 9.30. The number of carbonyl (C=O) groups is 1. The second-order valence-corrected chi connectivity index (χ2v) is 7.22. The number of aryl methyl sites for hydroxylation is 2. The summed E-state index contributed by atoms with van der Waals surface area (Å²) in [6.45, 7) is 5.98. The smallest absolute Gasteiger partial charge is 0.323 e. The van der Waals surface area contributed by atoms with Crippen LogP contribution in [-0.4, -0.2) is 25.6 Å². The van der Waals surface area contributed by atoms with Crippen LogP contribution < -0.4 is 15.4 Å². The Labute approximate surface area is 186 Å². The lowest BCUT2D eigenvalue weighted by atomic mass is 10.1. The molecular weight excluding hydrogens is 404 g/mol. The summed E-state index contributed by atoms with van der Waals surface area (Å²) in [6.07, 6.45) is 4.02. The maximum Gasteiger partial charge on any atom is 0.323 e. The zero-order chi connectivity index (χ0) is 22.5. The maximum atomic E-state index is 12.3. The predicted molar refractivity (Wildman–Crippen MR) is 124 cm³/mol. The van der Waals surface area contributed by atoms with Crippen LogP contribution >= 0.6 is 0 Å². The van der Waals surface area contributed by atoms with Crippen LogP contribution in [0.3, 0.4) is 0 Å². The second-order valence-electron chi connectivity index (χ2n) is 7.22. The van der Waals surface area contributed by atoms with Gasteiger partial charge in [0.05, 0.1) is 5.69 Å². The van der Waals surface area contributed by atoms with Crippen molar-refractivity contribution in [3.8, 4) is 17.4 Å². The number of urea groups is 1. The molecule has 32 heavy (non-hydrogen) atoms. The minimum Gasteiger partial charge on any atom is -0.439 e. The van der Waals surface area contributed by atoms with E-state index in [0.717, 1.165) is 29.1 Å². The molecule has 0 saturated heterocycles. The first kappa shape index (κ1) is 21.0. The molecule has 2 amide bonds. The first-order valence-electron chi connectivity index (χ1n) is 10.3. The summed E-state index contributed by atoms with van der Waals surface area (Å²) in [5.74, 6) is 1.68. The Balaban J connectivity index is 1.40. The van der Waals surface area contributed by atoms with Crippen LogP contribution in [0.5, 0.6) is 11.6 Å². The Kier molecular flexibility index (Phi) is 6.12. The van der Waals surface area contributed by atoms with Gasteiger partial charge in [-0.1, -0.05) is 25.1 Å². The summed E-state index contributed by atoms with van der Waals surface area (Å²) in [7, 11) is 0. The normalized spacial score (nSPS) is 10.6. The van der Waals surface area contributed by atoms with Gasteiger partial charge in [0.15, 0.2) is 0 Å². The Morgan fingerprint density at radius 2 is 1.78 bits per heavy atom. The number of nitrogens with zero attached hydrogens (tertiary/aromatic N) is 4. The first-order chi connectivity index (χ1) is 15.5. The van der Waals surface area contributed by atoms with Gasteiger partial charge in [-0.25, -0.2) is 19.7 Å². The van der Waals surface area contributed by atoms with E-state index >= 15 is 0 Å². The highest BCUT2D eigenvalue weighted by atomic mass is 16.5. The van der Waals surface area contributed by atoms with Crippen molar-refractivity contribution in [2.75, 3.05) is 10.6 Å². The summed E-state index contributed by atoms with van der Waals surface area (Å²) in [5, 5.41) is 5.72. The van der Waals surface area contributed by atoms with Crippen molar-refractivity contribution in [1.82, 2.24) is 19.5 Å². The number of aromatic nitrogens is 4. The molecule has 0 aliphatic carbocycles. The van der Waals surface area contributed by atoms with E-state index in [9.17, 15) is 4.79 Å². The molecule has 4 rings (SSSR count). The molecule has 0 atom stereocenters. The van der Waals surface area contributed by atoms with Crippen LogP contribution in [0.4, 0.5) is 16.2 Å². The summed E-state index contributed by atoms with van der Waals surface area (Å²) in [4.78, 5) is 25.1. The number of carbonyl (C=O) groups excluding carboxylic acids is 1. The van der Waals surface area contributed by atoms with Gasteiger partial charge in [-0.2, -0.15) is 0 Å². The molecule has 0 unspecified atom stereocenters. The number of nitrogens with one attached hydrogen (secondary N) is 2. The van der Waals surface area contributed by atoms with Crippen molar-refractivity contribution in [2.24, 2.45) is 0 Å². The average Bonchev–Trinajstić information content (AvgIpc) is 3.14. The minimum atomic E-state index is -0.300. The van der Waals surface area contributed by atoms with Gasteiger partial charge in [-0.05, 0) is 56.2 Å². The third kappa shape index (κ3) is 4.75. The van der Waals surface area contributed by atoms with E-state index in [-0.39, 0.29) is 6.03 Å². The van der Waals surface area contributed by atoms with Gasteiger partial charge >= 0.3 is 6.03 Å². The lowest BCUT2D eigenvalue weighted by Crippen LogP contribution is -2.20. The summed E-state index contributed by atoms with van der Waals surface area (Å²) in [6, 6.07) is 16.3. The van der Waals surface area contributed by atoms with Crippen LogP contribution in [0.2, 0.25) is 0 Å². The molecular formula is C24H24N6O2. The Morgan fingerprint density at radius 1 is 1.00 bits per heavy atom. The van der Waals surface area contributed by atoms with E-state index in [1.807, 2.05) is 42.7 Å². The maximum absolute atomic E-state index is 12.3. The number of amides is 2. The van der Waals surface area contributed by atoms with Gasteiger partial charge in [0.1, 0.15) is 24.2 Å². The zero-order valence-electron chi connectivity index (χ0n) is 18.2. The van der Waals surface area contributed by atoms with Crippen molar-refractivity contribution in [3.05, 3.63) is 84.2 Å². The van der Waals surface area contributed by atoms with E-state index in [0.29, 0.717) is 23.1 Å². The number of ether oxygens (including phenoxy) is 1. The molecule has 0 spiro atoms. The lowest BCUT2D eigenvalue weighted by molar-refractivity contribution is 0.262. The topological polar surface area (TPSA) is 94.0 Å². The van der Waals surface area contributed by atoms with Crippen molar-refractivity contribution in [1.29, 1.82) is 0 Å². The van der Waals surface area contributed by atoms with Gasteiger partial charge in [-0.15, -0.1) is 0 Å². The van der Waals surface area contributed by atoms with Gasteiger partial charge in [0, 0.05) is 23.1 Å². The van der Waals surface area contributed by atoms with Crippen LogP contribution in [0.25, 0.3) is 5.82 Å². The predicted octanol–water partition coefficient (Wildman–Crippen LogP) is 5.28. The van der Waals surface area contributed by atoms with E-state index in [4.69, 9.17) is 4.74 Å². The number of benzene rings is 2. The van der Waals surface area contributed by atoms with Crippen LogP contribution in [0, 0.1) is 13.8 Å². The van der Waals surface area contributed by atoms with E-state index in [1.54, 1.807) is 36.7 Å². The fraction of sp³-hybridized carbons (Fsp3) is 0.167. The third-order valence-corrected chi connectivity index (χ3v) is 5.11. The fourth-order valence-electron chi connectivity index (χ4n) is 3.21. The van der Waals surface area contributed by atoms with Gasteiger partial charge in [-0.3, -0.25) is 4.57 Å². The minimum absolute atomic E-state index is 0.300. The third-order valence-electron chi connectivity index (χ3n) is 5.11. The molecule has 8 nitrogen and oxygen atoms in total. The molecule has 0 saturated carbocycles. The highest BCUT2D eigenvalue weighted by molar-refractivity contribution is 6.00. The lowest BCUT2D eigenvalue weighted by Gasteiger charge is -2.11. The molecule has 0 aliphatic heterocycles. The fourth-order valence-corrected chi connectivity index (χ4v) is 3.21. The Bertz CT molecular complexity index is 1230. The molecule has 0 radical (unpaired) electrons.